The normalized spacial score (nSPS) is 38.8. The van der Waals surface area contributed by atoms with Crippen LogP contribution in [0, 0.1) is 5.92 Å². The molecule has 3 aliphatic heterocycles. The van der Waals surface area contributed by atoms with Crippen LogP contribution in [-0.4, -0.2) is 36.0 Å². The van der Waals surface area contributed by atoms with Gasteiger partial charge in [-0.1, -0.05) is 0 Å². The number of rotatable bonds is 0. The molecule has 0 radical (unpaired) electrons. The standard InChI is InChI=1S/C10H15NS2/c1-4-12-10(13-5-1)9-7-11-3-2-8(9)6-11/h8H,1-7H2. The molecule has 0 N–H and O–H groups in total. The van der Waals surface area contributed by atoms with Crippen LogP contribution in [0.15, 0.2) is 9.81 Å². The molecule has 2 unspecified atom stereocenters. The molecule has 0 spiro atoms. The summed E-state index contributed by atoms with van der Waals surface area (Å²) >= 11 is 4.23. The third-order valence-electron chi connectivity index (χ3n) is 3.18. The summed E-state index contributed by atoms with van der Waals surface area (Å²) in [5.41, 5.74) is 1.79. The van der Waals surface area contributed by atoms with Crippen molar-refractivity contribution in [2.45, 2.75) is 12.8 Å². The molecular weight excluding hydrogens is 198 g/mol. The largest absolute Gasteiger partial charge is 0.299 e. The van der Waals surface area contributed by atoms with E-state index in [1.54, 1.807) is 9.81 Å². The summed E-state index contributed by atoms with van der Waals surface area (Å²) in [6.45, 7) is 4.01. The van der Waals surface area contributed by atoms with Crippen LogP contribution in [0.4, 0.5) is 0 Å². The van der Waals surface area contributed by atoms with Crippen molar-refractivity contribution in [3.8, 4) is 0 Å². The number of hydrogen-bond acceptors (Lipinski definition) is 3. The fourth-order valence-electron chi connectivity index (χ4n) is 2.48. The van der Waals surface area contributed by atoms with E-state index in [1.165, 1.54) is 44.0 Å². The minimum absolute atomic E-state index is 0.938. The van der Waals surface area contributed by atoms with E-state index in [-0.39, 0.29) is 0 Å². The number of hydrogen-bond donors (Lipinski definition) is 0. The molecule has 72 valence electrons. The summed E-state index contributed by atoms with van der Waals surface area (Å²) in [6.07, 6.45) is 2.83. The van der Waals surface area contributed by atoms with Gasteiger partial charge in [0.15, 0.2) is 0 Å². The van der Waals surface area contributed by atoms with E-state index in [1.807, 2.05) is 0 Å². The van der Waals surface area contributed by atoms with Crippen LogP contribution in [0.2, 0.25) is 0 Å². The predicted molar refractivity (Wildman–Crippen MR) is 61.1 cm³/mol. The van der Waals surface area contributed by atoms with Gasteiger partial charge in [-0.2, -0.15) is 0 Å². The summed E-state index contributed by atoms with van der Waals surface area (Å²) in [6, 6.07) is 0. The van der Waals surface area contributed by atoms with E-state index in [9.17, 15) is 0 Å². The molecule has 3 aliphatic rings. The maximum atomic E-state index is 2.61. The minimum Gasteiger partial charge on any atom is -0.299 e. The highest BCUT2D eigenvalue weighted by atomic mass is 32.2. The van der Waals surface area contributed by atoms with Crippen molar-refractivity contribution in [3.63, 3.8) is 0 Å². The van der Waals surface area contributed by atoms with Crippen molar-refractivity contribution in [1.82, 2.24) is 4.90 Å². The molecule has 3 heterocycles. The van der Waals surface area contributed by atoms with E-state index >= 15 is 0 Å². The average molecular weight is 213 g/mol. The Morgan fingerprint density at radius 1 is 1.23 bits per heavy atom. The molecule has 0 aliphatic carbocycles. The first-order chi connectivity index (χ1) is 6.43. The SMILES string of the molecule is C1CSC(=C2CN3CCC2C3)SC1. The number of thioether (sulfide) groups is 2. The number of nitrogens with zero attached hydrogens (tertiary/aromatic N) is 1. The Hall–Kier alpha value is 0.400. The molecule has 0 aromatic heterocycles. The second-order valence-corrected chi connectivity index (χ2v) is 6.55. The Labute approximate surface area is 88.3 Å². The monoisotopic (exact) mass is 213 g/mol. The van der Waals surface area contributed by atoms with Gasteiger partial charge in [-0.3, -0.25) is 4.90 Å². The quantitative estimate of drug-likeness (QED) is 0.608. The first kappa shape index (κ1) is 8.69. The maximum absolute atomic E-state index is 2.61. The zero-order valence-corrected chi connectivity index (χ0v) is 9.42. The van der Waals surface area contributed by atoms with Crippen LogP contribution >= 0.6 is 23.5 Å². The fourth-order valence-corrected chi connectivity index (χ4v) is 5.28. The lowest BCUT2D eigenvalue weighted by atomic mass is 10.0. The Kier molecular flexibility index (Phi) is 2.35. The molecule has 0 amide bonds. The zero-order chi connectivity index (χ0) is 8.67. The average Bonchev–Trinajstić information content (AvgIpc) is 2.80. The van der Waals surface area contributed by atoms with Gasteiger partial charge in [0.1, 0.15) is 0 Å². The predicted octanol–water partition coefficient (Wildman–Crippen LogP) is 2.40. The summed E-state index contributed by atoms with van der Waals surface area (Å²) in [7, 11) is 0. The molecule has 0 saturated carbocycles. The smallest absolute Gasteiger partial charge is 0.0409 e. The number of piperidine rings is 1. The highest BCUT2D eigenvalue weighted by molar-refractivity contribution is 8.22. The first-order valence-electron chi connectivity index (χ1n) is 5.14. The Morgan fingerprint density at radius 2 is 2.08 bits per heavy atom. The van der Waals surface area contributed by atoms with Gasteiger partial charge >= 0.3 is 0 Å². The van der Waals surface area contributed by atoms with E-state index in [0.29, 0.717) is 0 Å². The molecule has 3 fully saturated rings. The summed E-state index contributed by atoms with van der Waals surface area (Å²) < 4.78 is 1.69. The second-order valence-electron chi connectivity index (χ2n) is 4.08. The molecule has 2 bridgehead atoms. The maximum Gasteiger partial charge on any atom is 0.0409 e. The van der Waals surface area contributed by atoms with Crippen LogP contribution in [0.3, 0.4) is 0 Å². The van der Waals surface area contributed by atoms with Crippen molar-refractivity contribution in [2.24, 2.45) is 5.92 Å². The third kappa shape index (κ3) is 1.55. The van der Waals surface area contributed by atoms with Gasteiger partial charge in [0, 0.05) is 17.3 Å². The summed E-state index contributed by atoms with van der Waals surface area (Å²) in [4.78, 5) is 2.61. The van der Waals surface area contributed by atoms with Crippen LogP contribution in [0.25, 0.3) is 0 Å². The molecular formula is C10H15NS2. The van der Waals surface area contributed by atoms with Crippen LogP contribution in [-0.2, 0) is 0 Å². The zero-order valence-electron chi connectivity index (χ0n) is 7.79. The van der Waals surface area contributed by atoms with Gasteiger partial charge in [0.05, 0.1) is 0 Å². The molecule has 13 heavy (non-hydrogen) atoms. The Balaban J connectivity index is 1.82. The van der Waals surface area contributed by atoms with E-state index in [2.05, 4.69) is 28.4 Å². The Bertz CT molecular complexity index is 241. The van der Waals surface area contributed by atoms with Crippen molar-refractivity contribution in [1.29, 1.82) is 0 Å². The molecule has 2 atom stereocenters. The molecule has 3 saturated heterocycles. The highest BCUT2D eigenvalue weighted by Crippen LogP contribution is 2.44. The lowest BCUT2D eigenvalue weighted by molar-refractivity contribution is 0.392. The second kappa shape index (κ2) is 3.52. The van der Waals surface area contributed by atoms with Gasteiger partial charge in [0.25, 0.3) is 0 Å². The lowest BCUT2D eigenvalue weighted by Crippen LogP contribution is -2.18. The summed E-state index contributed by atoms with van der Waals surface area (Å²) in [5, 5.41) is 0. The molecule has 0 aromatic rings. The van der Waals surface area contributed by atoms with Crippen LogP contribution in [0.1, 0.15) is 12.8 Å². The van der Waals surface area contributed by atoms with Crippen molar-refractivity contribution in [3.05, 3.63) is 9.81 Å². The van der Waals surface area contributed by atoms with E-state index in [4.69, 9.17) is 0 Å². The Morgan fingerprint density at radius 3 is 2.69 bits per heavy atom. The van der Waals surface area contributed by atoms with Crippen molar-refractivity contribution in [2.75, 3.05) is 31.1 Å². The lowest BCUT2D eigenvalue weighted by Gasteiger charge is -2.21. The molecule has 3 heteroatoms. The highest BCUT2D eigenvalue weighted by Gasteiger charge is 2.35. The topological polar surface area (TPSA) is 3.24 Å². The van der Waals surface area contributed by atoms with Gasteiger partial charge in [0.2, 0.25) is 0 Å². The molecule has 1 nitrogen and oxygen atoms in total. The molecule has 0 aromatic carbocycles. The third-order valence-corrected chi connectivity index (χ3v) is 5.92. The van der Waals surface area contributed by atoms with E-state index in [0.717, 1.165) is 5.92 Å². The molecule has 3 rings (SSSR count). The van der Waals surface area contributed by atoms with Crippen LogP contribution in [0.5, 0.6) is 0 Å². The number of fused-ring (bicyclic) bond motifs is 2. The van der Waals surface area contributed by atoms with Gasteiger partial charge in [-0.15, -0.1) is 23.5 Å². The van der Waals surface area contributed by atoms with Gasteiger partial charge in [-0.25, -0.2) is 0 Å². The van der Waals surface area contributed by atoms with Crippen LogP contribution < -0.4 is 0 Å². The van der Waals surface area contributed by atoms with E-state index < -0.39 is 0 Å². The summed E-state index contributed by atoms with van der Waals surface area (Å²) in [5.74, 6) is 3.66. The first-order valence-corrected chi connectivity index (χ1v) is 7.11. The van der Waals surface area contributed by atoms with Gasteiger partial charge < -0.3 is 0 Å². The fraction of sp³-hybridized carbons (Fsp3) is 0.800. The minimum atomic E-state index is 0.938. The van der Waals surface area contributed by atoms with Crippen molar-refractivity contribution >= 4 is 23.5 Å². The van der Waals surface area contributed by atoms with Crippen molar-refractivity contribution < 1.29 is 0 Å². The van der Waals surface area contributed by atoms with Gasteiger partial charge in [-0.05, 0) is 42.4 Å².